The van der Waals surface area contributed by atoms with Gasteiger partial charge in [0.05, 0.1) is 0 Å². The quantitative estimate of drug-likeness (QED) is 0.679. The largest absolute Gasteiger partial charge is 0.371 e. The third-order valence-electron chi connectivity index (χ3n) is 2.59. The fourth-order valence-corrected chi connectivity index (χ4v) is 2.24. The van der Waals surface area contributed by atoms with Crippen LogP contribution in [0.2, 0.25) is 0 Å². The molecule has 0 saturated heterocycles. The summed E-state index contributed by atoms with van der Waals surface area (Å²) in [4.78, 5) is 11.5. The van der Waals surface area contributed by atoms with Gasteiger partial charge in [0.2, 0.25) is 0 Å². The van der Waals surface area contributed by atoms with Gasteiger partial charge in [-0.15, -0.1) is 0 Å². The van der Waals surface area contributed by atoms with Crippen LogP contribution in [0, 0.1) is 11.8 Å². The molecule has 1 N–H and O–H groups in total. The minimum Gasteiger partial charge on any atom is -0.371 e. The van der Waals surface area contributed by atoms with Crippen molar-refractivity contribution in [1.82, 2.24) is 0 Å². The molecule has 1 fully saturated rings. The van der Waals surface area contributed by atoms with E-state index in [2.05, 4.69) is 11.8 Å². The second-order valence-electron chi connectivity index (χ2n) is 3.75. The van der Waals surface area contributed by atoms with Crippen molar-refractivity contribution in [2.24, 2.45) is 0 Å². The molecule has 0 radical (unpaired) electrons. The first-order valence-corrected chi connectivity index (χ1v) is 5.96. The molecule has 78 valence electrons. The summed E-state index contributed by atoms with van der Waals surface area (Å²) in [6.45, 7) is 0. The summed E-state index contributed by atoms with van der Waals surface area (Å²) in [6.07, 6.45) is 2.68. The molecule has 0 amide bonds. The summed E-state index contributed by atoms with van der Waals surface area (Å²) < 4.78 is 0. The van der Waals surface area contributed by atoms with E-state index >= 15 is 0 Å². The van der Waals surface area contributed by atoms with E-state index in [0.717, 1.165) is 18.4 Å². The maximum absolute atomic E-state index is 11.5. The lowest BCUT2D eigenvalue weighted by Gasteiger charge is -2.24. The van der Waals surface area contributed by atoms with E-state index in [1.807, 2.05) is 16.8 Å². The Labute approximate surface area is 92.9 Å². The van der Waals surface area contributed by atoms with Gasteiger partial charge in [-0.3, -0.25) is 4.79 Å². The molecular weight excluding hydrogens is 208 g/mol. The van der Waals surface area contributed by atoms with Gasteiger partial charge in [-0.25, -0.2) is 0 Å². The van der Waals surface area contributed by atoms with Gasteiger partial charge in [-0.1, -0.05) is 11.8 Å². The molecule has 1 atom stereocenters. The van der Waals surface area contributed by atoms with Crippen LogP contribution in [0.25, 0.3) is 0 Å². The predicted molar refractivity (Wildman–Crippen MR) is 59.6 cm³/mol. The van der Waals surface area contributed by atoms with Crippen LogP contribution in [0.3, 0.4) is 0 Å². The summed E-state index contributed by atoms with van der Waals surface area (Å²) >= 11 is 1.56. The molecule has 0 aliphatic heterocycles. The van der Waals surface area contributed by atoms with Gasteiger partial charge in [0.1, 0.15) is 0 Å². The third-order valence-corrected chi connectivity index (χ3v) is 3.27. The van der Waals surface area contributed by atoms with Crippen LogP contribution >= 0.6 is 11.3 Å². The highest BCUT2D eigenvalue weighted by Crippen LogP contribution is 2.24. The van der Waals surface area contributed by atoms with Crippen LogP contribution in [0.15, 0.2) is 16.8 Å². The van der Waals surface area contributed by atoms with Gasteiger partial charge >= 0.3 is 0 Å². The molecular formula is C12H12O2S. The molecule has 0 spiro atoms. The van der Waals surface area contributed by atoms with Gasteiger partial charge < -0.3 is 5.11 Å². The Bertz CT molecular complexity index is 411. The Balaban J connectivity index is 2.19. The summed E-state index contributed by atoms with van der Waals surface area (Å²) in [5, 5.41) is 13.9. The zero-order chi connectivity index (χ0) is 10.7. The highest BCUT2D eigenvalue weighted by molar-refractivity contribution is 7.08. The zero-order valence-corrected chi connectivity index (χ0v) is 9.14. The first kappa shape index (κ1) is 10.4. The molecule has 1 aliphatic rings. The number of hydrogen-bond donors (Lipinski definition) is 1. The smallest absolute Gasteiger partial charge is 0.184 e. The van der Waals surface area contributed by atoms with Crippen molar-refractivity contribution >= 4 is 17.1 Å². The number of carbonyl (C=O) groups excluding carboxylic acids is 1. The summed E-state index contributed by atoms with van der Waals surface area (Å²) in [7, 11) is 0. The van der Waals surface area contributed by atoms with Gasteiger partial charge in [-0.05, 0) is 30.7 Å². The molecule has 2 nitrogen and oxygen atoms in total. The molecule has 15 heavy (non-hydrogen) atoms. The lowest BCUT2D eigenvalue weighted by atomic mass is 9.84. The minimum absolute atomic E-state index is 0.128. The fourth-order valence-electron chi connectivity index (χ4n) is 1.66. The van der Waals surface area contributed by atoms with Crippen LogP contribution < -0.4 is 0 Å². The lowest BCUT2D eigenvalue weighted by Crippen LogP contribution is -2.39. The molecule has 1 aliphatic carbocycles. The fraction of sp³-hybridized carbons (Fsp3) is 0.417. The molecule has 3 heteroatoms. The lowest BCUT2D eigenvalue weighted by molar-refractivity contribution is -0.134. The van der Waals surface area contributed by atoms with Gasteiger partial charge in [-0.2, -0.15) is 11.3 Å². The number of aliphatic hydroxyl groups is 1. The van der Waals surface area contributed by atoms with Crippen LogP contribution in [-0.4, -0.2) is 16.5 Å². The monoisotopic (exact) mass is 220 g/mol. The van der Waals surface area contributed by atoms with Crippen LogP contribution in [-0.2, 0) is 4.79 Å². The Morgan fingerprint density at radius 3 is 3.00 bits per heavy atom. The Morgan fingerprint density at radius 2 is 2.33 bits per heavy atom. The second kappa shape index (κ2) is 4.18. The normalized spacial score (nSPS) is 25.8. The van der Waals surface area contributed by atoms with E-state index in [1.165, 1.54) is 0 Å². The average molecular weight is 220 g/mol. The first-order chi connectivity index (χ1) is 7.21. The molecule has 1 saturated carbocycles. The molecule has 1 aromatic heterocycles. The minimum atomic E-state index is -1.39. The highest BCUT2D eigenvalue weighted by atomic mass is 32.1. The predicted octanol–water partition coefficient (Wildman–Crippen LogP) is 1.97. The van der Waals surface area contributed by atoms with E-state index in [0.29, 0.717) is 12.8 Å². The van der Waals surface area contributed by atoms with Crippen LogP contribution in [0.1, 0.15) is 31.2 Å². The van der Waals surface area contributed by atoms with Gasteiger partial charge in [0.25, 0.3) is 0 Å². The SMILES string of the molecule is O=C1CCCCC1(O)C#Cc1ccsc1. The van der Waals surface area contributed by atoms with Crippen LogP contribution in [0.5, 0.6) is 0 Å². The van der Waals surface area contributed by atoms with Crippen molar-refractivity contribution in [2.75, 3.05) is 0 Å². The number of hydrogen-bond acceptors (Lipinski definition) is 3. The summed E-state index contributed by atoms with van der Waals surface area (Å²) in [5.74, 6) is 5.44. The molecule has 1 heterocycles. The number of ketones is 1. The van der Waals surface area contributed by atoms with Crippen LogP contribution in [0.4, 0.5) is 0 Å². The van der Waals surface area contributed by atoms with E-state index < -0.39 is 5.60 Å². The maximum atomic E-state index is 11.5. The molecule has 0 aromatic carbocycles. The number of carbonyl (C=O) groups is 1. The highest BCUT2D eigenvalue weighted by Gasteiger charge is 2.35. The summed E-state index contributed by atoms with van der Waals surface area (Å²) in [5.41, 5.74) is -0.521. The number of Topliss-reactive ketones (excluding diaryl/α,β-unsaturated/α-hetero) is 1. The topological polar surface area (TPSA) is 37.3 Å². The van der Waals surface area contributed by atoms with Gasteiger partial charge in [0.15, 0.2) is 11.4 Å². The molecule has 2 rings (SSSR count). The average Bonchev–Trinajstić information content (AvgIpc) is 2.73. The number of thiophene rings is 1. The third kappa shape index (κ3) is 2.28. The van der Waals surface area contributed by atoms with Crippen molar-refractivity contribution in [2.45, 2.75) is 31.3 Å². The van der Waals surface area contributed by atoms with E-state index in [9.17, 15) is 9.90 Å². The van der Waals surface area contributed by atoms with E-state index in [4.69, 9.17) is 0 Å². The second-order valence-corrected chi connectivity index (χ2v) is 4.53. The Hall–Kier alpha value is -1.11. The van der Waals surface area contributed by atoms with Crippen molar-refractivity contribution in [3.05, 3.63) is 22.4 Å². The van der Waals surface area contributed by atoms with Crippen molar-refractivity contribution in [3.63, 3.8) is 0 Å². The number of rotatable bonds is 0. The van der Waals surface area contributed by atoms with Crippen molar-refractivity contribution in [3.8, 4) is 11.8 Å². The van der Waals surface area contributed by atoms with E-state index in [-0.39, 0.29) is 5.78 Å². The molecule has 0 bridgehead atoms. The van der Waals surface area contributed by atoms with Gasteiger partial charge in [0, 0.05) is 17.4 Å². The first-order valence-electron chi connectivity index (χ1n) is 5.02. The molecule has 1 aromatic rings. The molecule has 1 unspecified atom stereocenters. The standard InChI is InChI=1S/C12H12O2S/c13-11-3-1-2-6-12(11,14)7-4-10-5-8-15-9-10/h5,8-9,14H,1-3,6H2. The van der Waals surface area contributed by atoms with E-state index in [1.54, 1.807) is 11.3 Å². The van der Waals surface area contributed by atoms with Crippen molar-refractivity contribution in [1.29, 1.82) is 0 Å². The maximum Gasteiger partial charge on any atom is 0.184 e. The summed E-state index contributed by atoms with van der Waals surface area (Å²) in [6, 6.07) is 1.88. The Kier molecular flexibility index (Phi) is 2.90. The zero-order valence-electron chi connectivity index (χ0n) is 8.32. The Morgan fingerprint density at radius 1 is 1.47 bits per heavy atom. The van der Waals surface area contributed by atoms with Crippen molar-refractivity contribution < 1.29 is 9.90 Å².